The van der Waals surface area contributed by atoms with Gasteiger partial charge in [-0.3, -0.25) is 9.11 Å². The second kappa shape index (κ2) is 6.42. The van der Waals surface area contributed by atoms with Crippen LogP contribution in [0.2, 0.25) is 0 Å². The first kappa shape index (κ1) is 16.1. The average Bonchev–Trinajstić information content (AvgIpc) is 0.722. The molecule has 4 nitrogen and oxygen atoms in total. The molecule has 0 unspecified atom stereocenters. The Morgan fingerprint density at radius 1 is 1.14 bits per heavy atom. The third-order valence-electron chi connectivity index (χ3n) is 0. The van der Waals surface area contributed by atoms with Crippen molar-refractivity contribution in [2.75, 3.05) is 0 Å². The molecule has 0 amide bonds. The molecule has 0 rings (SSSR count). The number of hydrogen-bond acceptors (Lipinski definition) is 2. The molecule has 0 aliphatic rings. The van der Waals surface area contributed by atoms with Crippen LogP contribution in [0.15, 0.2) is 0 Å². The predicted molar refractivity (Wildman–Crippen MR) is 21.3 cm³/mol. The summed E-state index contributed by atoms with van der Waals surface area (Å²) in [5, 5.41) is 0. The summed E-state index contributed by atoms with van der Waals surface area (Å²) in [5.74, 6) is 0. The molecule has 0 aromatic rings. The molecule has 2 N–H and O–H groups in total. The number of hydrogen-bond donors (Lipinski definition) is 2. The van der Waals surface area contributed by atoms with Crippen molar-refractivity contribution in [2.24, 2.45) is 0 Å². The summed E-state index contributed by atoms with van der Waals surface area (Å²) >= 11 is 0. The number of rotatable bonds is 0. The van der Waals surface area contributed by atoms with Crippen molar-refractivity contribution < 1.29 is 37.0 Å². The van der Waals surface area contributed by atoms with Crippen LogP contribution in [0, 0.1) is 0 Å². The van der Waals surface area contributed by atoms with Crippen molar-refractivity contribution in [3.05, 3.63) is 0 Å². The van der Waals surface area contributed by atoms with Crippen LogP contribution in [-0.2, 0) is 29.9 Å². The van der Waals surface area contributed by atoms with Gasteiger partial charge < -0.3 is 0 Å². The second-order valence-electron chi connectivity index (χ2n) is 0.448. The van der Waals surface area contributed by atoms with E-state index in [1.165, 1.54) is 0 Å². The standard InChI is InChI=1S/H2O4S.Rb.Zn.H/c1-5(2,3)4;;;/h(H2,1,2,3,4);;;. The Bertz CT molecular complexity index is 94.9. The molecule has 0 bridgehead atoms. The zero-order valence-electron chi connectivity index (χ0n) is 2.83. The van der Waals surface area contributed by atoms with Gasteiger partial charge in [0, 0.05) is 19.5 Å². The van der Waals surface area contributed by atoms with Crippen LogP contribution in [0.1, 0.15) is 0 Å². The van der Waals surface area contributed by atoms with E-state index in [1.54, 1.807) is 0 Å². The summed E-state index contributed by atoms with van der Waals surface area (Å²) < 4.78 is 31.6. The molecular weight excluding hydrogens is 247 g/mol. The van der Waals surface area contributed by atoms with E-state index in [0.717, 1.165) is 0 Å². The smallest absolute Gasteiger partial charge is 0 e. The second-order valence-corrected chi connectivity index (χ2v) is 1.34. The van der Waals surface area contributed by atoms with Gasteiger partial charge >= 0.3 is 68.6 Å². The zero-order valence-corrected chi connectivity index (χ0v) is 6.61. The van der Waals surface area contributed by atoms with Crippen LogP contribution in [0.4, 0.5) is 0 Å². The SMILES string of the molecule is O=S(=O)(O)O.[RbH].[Zn]. The van der Waals surface area contributed by atoms with Crippen molar-refractivity contribution in [3.8, 4) is 0 Å². The topological polar surface area (TPSA) is 74.6 Å². The molecule has 7 heteroatoms. The van der Waals surface area contributed by atoms with E-state index in [9.17, 15) is 0 Å². The maximum absolute atomic E-state index is 8.74. The van der Waals surface area contributed by atoms with Gasteiger partial charge in [0.1, 0.15) is 0 Å². The van der Waals surface area contributed by atoms with Crippen molar-refractivity contribution in [2.45, 2.75) is 0 Å². The molecule has 0 heterocycles. The van der Waals surface area contributed by atoms with E-state index in [1.807, 2.05) is 0 Å². The molecule has 0 saturated carbocycles. The first-order valence-electron chi connectivity index (χ1n) is 0.698. The third kappa shape index (κ3) is 62.3. The van der Waals surface area contributed by atoms with Gasteiger partial charge in [-0.05, 0) is 0 Å². The van der Waals surface area contributed by atoms with Crippen LogP contribution in [0.5, 0.6) is 0 Å². The van der Waals surface area contributed by atoms with E-state index in [4.69, 9.17) is 17.5 Å². The summed E-state index contributed by atoms with van der Waals surface area (Å²) in [4.78, 5) is 0. The Morgan fingerprint density at radius 3 is 1.14 bits per heavy atom. The monoisotopic (exact) mass is 248 g/mol. The summed E-state index contributed by atoms with van der Waals surface area (Å²) in [6.07, 6.45) is 0. The fourth-order valence-electron chi connectivity index (χ4n) is 0. The van der Waals surface area contributed by atoms with Crippen molar-refractivity contribution in [1.82, 2.24) is 0 Å². The maximum Gasteiger partial charge on any atom is 0 e. The molecule has 0 aromatic carbocycles. The Kier molecular flexibility index (Phi) is 14.8. The molecule has 0 aliphatic heterocycles. The van der Waals surface area contributed by atoms with Gasteiger partial charge in [0.05, 0.1) is 0 Å². The van der Waals surface area contributed by atoms with E-state index >= 15 is 0 Å². The molecule has 0 aromatic heterocycles. The Hall–Kier alpha value is 2.30. The van der Waals surface area contributed by atoms with E-state index in [2.05, 4.69) is 0 Å². The zero-order chi connectivity index (χ0) is 4.50. The molecule has 7 heavy (non-hydrogen) atoms. The third-order valence-corrected chi connectivity index (χ3v) is 0. The first-order valence-corrected chi connectivity index (χ1v) is 2.10. The molecule has 0 atom stereocenters. The van der Waals surface area contributed by atoms with E-state index < -0.39 is 10.4 Å². The van der Waals surface area contributed by atoms with Crippen molar-refractivity contribution in [1.29, 1.82) is 0 Å². The Balaban J connectivity index is -0.0000000800. The summed E-state index contributed by atoms with van der Waals surface area (Å²) in [6.45, 7) is 0. The van der Waals surface area contributed by atoms with Gasteiger partial charge in [0.25, 0.3) is 0 Å². The van der Waals surface area contributed by atoms with E-state index in [0.29, 0.717) is 0 Å². The molecule has 0 radical (unpaired) electrons. The van der Waals surface area contributed by atoms with Crippen molar-refractivity contribution >= 4 is 68.6 Å². The van der Waals surface area contributed by atoms with Gasteiger partial charge in [0.15, 0.2) is 0 Å². The molecule has 0 aliphatic carbocycles. The summed E-state index contributed by atoms with van der Waals surface area (Å²) in [7, 11) is -4.67. The Morgan fingerprint density at radius 2 is 1.14 bits per heavy atom. The summed E-state index contributed by atoms with van der Waals surface area (Å²) in [5.41, 5.74) is 0. The average molecular weight is 250 g/mol. The fourth-order valence-corrected chi connectivity index (χ4v) is 0. The quantitative estimate of drug-likeness (QED) is 0.413. The minimum Gasteiger partial charge on any atom is 0 e. The normalized spacial score (nSPS) is 8.29. The van der Waals surface area contributed by atoms with Crippen LogP contribution >= 0.6 is 0 Å². The van der Waals surface area contributed by atoms with Crippen LogP contribution in [0.25, 0.3) is 0 Å². The Labute approximate surface area is 103 Å². The molecule has 0 spiro atoms. The largest absolute Gasteiger partial charge is 0 e. The summed E-state index contributed by atoms with van der Waals surface area (Å²) in [6, 6.07) is 0. The van der Waals surface area contributed by atoms with Crippen LogP contribution in [0.3, 0.4) is 0 Å². The molecule has 0 fully saturated rings. The maximum atomic E-state index is 8.74. The van der Waals surface area contributed by atoms with E-state index in [-0.39, 0.29) is 77.7 Å². The van der Waals surface area contributed by atoms with Crippen LogP contribution < -0.4 is 0 Å². The van der Waals surface area contributed by atoms with Crippen LogP contribution in [-0.4, -0.2) is 75.7 Å². The van der Waals surface area contributed by atoms with Gasteiger partial charge in [-0.2, -0.15) is 8.42 Å². The van der Waals surface area contributed by atoms with Gasteiger partial charge in [-0.1, -0.05) is 0 Å². The molecular formula is H3O4RbSZn. The van der Waals surface area contributed by atoms with Gasteiger partial charge in [-0.25, -0.2) is 0 Å². The predicted octanol–water partition coefficient (Wildman–Crippen LogP) is -1.30. The fraction of sp³-hybridized carbons (Fsp3) is 0. The van der Waals surface area contributed by atoms with Gasteiger partial charge in [0.2, 0.25) is 0 Å². The molecule has 0 saturated heterocycles. The first-order chi connectivity index (χ1) is 2.00. The minimum absolute atomic E-state index is 0. The van der Waals surface area contributed by atoms with Gasteiger partial charge in [-0.15, -0.1) is 0 Å². The van der Waals surface area contributed by atoms with Crippen molar-refractivity contribution in [3.63, 3.8) is 0 Å². The minimum atomic E-state index is -4.67. The molecule has 36 valence electrons.